The Labute approximate surface area is 107 Å². The first-order valence-corrected chi connectivity index (χ1v) is 6.05. The van der Waals surface area contributed by atoms with Crippen molar-refractivity contribution < 1.29 is 0 Å². The van der Waals surface area contributed by atoms with E-state index in [0.29, 0.717) is 5.88 Å². The predicted octanol–water partition coefficient (Wildman–Crippen LogP) is 3.90. The Morgan fingerprint density at radius 1 is 1.18 bits per heavy atom. The van der Waals surface area contributed by atoms with Crippen LogP contribution in [0.5, 0.6) is 0 Å². The molecule has 0 N–H and O–H groups in total. The Bertz CT molecular complexity index is 511. The van der Waals surface area contributed by atoms with Crippen molar-refractivity contribution >= 4 is 23.0 Å². The van der Waals surface area contributed by atoms with Crippen LogP contribution in [0.25, 0.3) is 0 Å². The van der Waals surface area contributed by atoms with E-state index in [-0.39, 0.29) is 0 Å². The predicted molar refractivity (Wildman–Crippen MR) is 73.0 cm³/mol. The summed E-state index contributed by atoms with van der Waals surface area (Å²) in [7, 11) is 2.05. The molecule has 0 aliphatic rings. The summed E-state index contributed by atoms with van der Waals surface area (Å²) in [6.07, 6.45) is 3.61. The van der Waals surface area contributed by atoms with Crippen LogP contribution < -0.4 is 4.90 Å². The maximum absolute atomic E-state index is 5.94. The van der Waals surface area contributed by atoms with Crippen LogP contribution in [0.4, 0.5) is 11.4 Å². The van der Waals surface area contributed by atoms with E-state index in [0.717, 1.165) is 11.3 Å². The summed E-state index contributed by atoms with van der Waals surface area (Å²) >= 11 is 5.94. The Kier molecular flexibility index (Phi) is 3.64. The molecule has 88 valence electrons. The minimum absolute atomic E-state index is 0.472. The molecule has 0 radical (unpaired) electrons. The Hall–Kier alpha value is -1.54. The van der Waals surface area contributed by atoms with Gasteiger partial charge in [-0.3, -0.25) is 4.98 Å². The lowest BCUT2D eigenvalue weighted by Crippen LogP contribution is -2.12. The van der Waals surface area contributed by atoms with E-state index >= 15 is 0 Å². The Morgan fingerprint density at radius 3 is 2.65 bits per heavy atom. The van der Waals surface area contributed by atoms with Crippen LogP contribution in [0.2, 0.25) is 0 Å². The average molecular weight is 247 g/mol. The summed E-state index contributed by atoms with van der Waals surface area (Å²) in [5.41, 5.74) is 4.57. The maximum atomic E-state index is 5.94. The first-order valence-electron chi connectivity index (χ1n) is 5.52. The molecule has 1 aromatic carbocycles. The third-order valence-electron chi connectivity index (χ3n) is 2.86. The fourth-order valence-corrected chi connectivity index (χ4v) is 2.13. The third-order valence-corrected chi connectivity index (χ3v) is 3.15. The SMILES string of the molecule is Cc1ccccc1N(C)c1ccncc1CCl. The van der Waals surface area contributed by atoms with Crippen molar-refractivity contribution in [3.8, 4) is 0 Å². The van der Waals surface area contributed by atoms with E-state index < -0.39 is 0 Å². The molecule has 0 aliphatic heterocycles. The molecule has 0 saturated heterocycles. The van der Waals surface area contributed by atoms with Crippen LogP contribution in [-0.4, -0.2) is 12.0 Å². The van der Waals surface area contributed by atoms with Crippen molar-refractivity contribution in [2.75, 3.05) is 11.9 Å². The summed E-state index contributed by atoms with van der Waals surface area (Å²) in [6.45, 7) is 2.10. The van der Waals surface area contributed by atoms with Gasteiger partial charge in [0.1, 0.15) is 0 Å². The number of halogens is 1. The van der Waals surface area contributed by atoms with Crippen LogP contribution in [0.3, 0.4) is 0 Å². The number of hydrogen-bond acceptors (Lipinski definition) is 2. The smallest absolute Gasteiger partial charge is 0.0510 e. The van der Waals surface area contributed by atoms with Gasteiger partial charge in [0.25, 0.3) is 0 Å². The van der Waals surface area contributed by atoms with Gasteiger partial charge in [0, 0.05) is 36.4 Å². The van der Waals surface area contributed by atoms with Crippen molar-refractivity contribution in [2.45, 2.75) is 12.8 Å². The average Bonchev–Trinajstić information content (AvgIpc) is 2.38. The number of anilines is 2. The van der Waals surface area contributed by atoms with Crippen LogP contribution in [-0.2, 0) is 5.88 Å². The Balaban J connectivity index is 2.44. The number of para-hydroxylation sites is 1. The van der Waals surface area contributed by atoms with Crippen LogP contribution in [0.15, 0.2) is 42.7 Å². The topological polar surface area (TPSA) is 16.1 Å². The number of hydrogen-bond donors (Lipinski definition) is 0. The zero-order chi connectivity index (χ0) is 12.3. The van der Waals surface area contributed by atoms with E-state index in [1.165, 1.54) is 11.3 Å². The van der Waals surface area contributed by atoms with Crippen LogP contribution in [0, 0.1) is 6.92 Å². The van der Waals surface area contributed by atoms with Gasteiger partial charge in [-0.15, -0.1) is 11.6 Å². The lowest BCUT2D eigenvalue weighted by molar-refractivity contribution is 1.13. The molecule has 2 nitrogen and oxygen atoms in total. The second kappa shape index (κ2) is 5.19. The van der Waals surface area contributed by atoms with Gasteiger partial charge < -0.3 is 4.90 Å². The van der Waals surface area contributed by atoms with Gasteiger partial charge in [-0.2, -0.15) is 0 Å². The molecule has 17 heavy (non-hydrogen) atoms. The number of alkyl halides is 1. The molecule has 0 bridgehead atoms. The largest absolute Gasteiger partial charge is 0.344 e. The second-order valence-electron chi connectivity index (χ2n) is 3.98. The third kappa shape index (κ3) is 2.42. The van der Waals surface area contributed by atoms with E-state index in [1.54, 1.807) is 6.20 Å². The molecule has 1 heterocycles. The quantitative estimate of drug-likeness (QED) is 0.764. The van der Waals surface area contributed by atoms with Crippen molar-refractivity contribution in [3.63, 3.8) is 0 Å². The number of pyridine rings is 1. The minimum atomic E-state index is 0.472. The highest BCUT2D eigenvalue weighted by Crippen LogP contribution is 2.29. The standard InChI is InChI=1S/C14H15ClN2/c1-11-5-3-4-6-13(11)17(2)14-7-8-16-10-12(14)9-15/h3-8,10H,9H2,1-2H3. The Morgan fingerprint density at radius 2 is 1.94 bits per heavy atom. The van der Waals surface area contributed by atoms with Crippen molar-refractivity contribution in [2.24, 2.45) is 0 Å². The fraction of sp³-hybridized carbons (Fsp3) is 0.214. The number of rotatable bonds is 3. The van der Waals surface area contributed by atoms with E-state index in [4.69, 9.17) is 11.6 Å². The number of aromatic nitrogens is 1. The minimum Gasteiger partial charge on any atom is -0.344 e. The number of aryl methyl sites for hydroxylation is 1. The van der Waals surface area contributed by atoms with Crippen LogP contribution >= 0.6 is 11.6 Å². The van der Waals surface area contributed by atoms with Crippen molar-refractivity contribution in [1.29, 1.82) is 0 Å². The summed E-state index contributed by atoms with van der Waals surface area (Å²) in [5, 5.41) is 0. The molecule has 0 spiro atoms. The monoisotopic (exact) mass is 246 g/mol. The molecule has 0 fully saturated rings. The highest BCUT2D eigenvalue weighted by molar-refractivity contribution is 6.17. The second-order valence-corrected chi connectivity index (χ2v) is 4.25. The molecular weight excluding hydrogens is 232 g/mol. The summed E-state index contributed by atoms with van der Waals surface area (Å²) < 4.78 is 0. The maximum Gasteiger partial charge on any atom is 0.0510 e. The summed E-state index contributed by atoms with van der Waals surface area (Å²) in [5.74, 6) is 0.472. The van der Waals surface area contributed by atoms with Gasteiger partial charge >= 0.3 is 0 Å². The first-order chi connectivity index (χ1) is 8.24. The highest BCUT2D eigenvalue weighted by Gasteiger charge is 2.09. The molecule has 1 aromatic heterocycles. The van der Waals surface area contributed by atoms with Gasteiger partial charge in [-0.1, -0.05) is 18.2 Å². The highest BCUT2D eigenvalue weighted by atomic mass is 35.5. The van der Waals surface area contributed by atoms with Gasteiger partial charge in [0.2, 0.25) is 0 Å². The summed E-state index contributed by atoms with van der Waals surface area (Å²) in [4.78, 5) is 6.25. The normalized spacial score (nSPS) is 10.3. The lowest BCUT2D eigenvalue weighted by atomic mass is 10.1. The fourth-order valence-electron chi connectivity index (χ4n) is 1.92. The zero-order valence-electron chi connectivity index (χ0n) is 10.0. The molecule has 0 amide bonds. The van der Waals surface area contributed by atoms with Gasteiger partial charge in [0.05, 0.1) is 5.88 Å². The molecule has 0 aliphatic carbocycles. The van der Waals surface area contributed by atoms with Gasteiger partial charge in [0.15, 0.2) is 0 Å². The van der Waals surface area contributed by atoms with Crippen LogP contribution in [0.1, 0.15) is 11.1 Å². The lowest BCUT2D eigenvalue weighted by Gasteiger charge is -2.23. The zero-order valence-corrected chi connectivity index (χ0v) is 10.8. The number of nitrogens with zero attached hydrogens (tertiary/aromatic N) is 2. The van der Waals surface area contributed by atoms with E-state index in [2.05, 4.69) is 28.9 Å². The molecule has 3 heteroatoms. The van der Waals surface area contributed by atoms with Gasteiger partial charge in [-0.25, -0.2) is 0 Å². The molecule has 2 rings (SSSR count). The molecule has 0 atom stereocenters. The van der Waals surface area contributed by atoms with Crippen molar-refractivity contribution in [3.05, 3.63) is 53.9 Å². The van der Waals surface area contributed by atoms with E-state index in [1.807, 2.05) is 31.4 Å². The molecular formula is C14H15ClN2. The van der Waals surface area contributed by atoms with Crippen molar-refractivity contribution in [1.82, 2.24) is 4.98 Å². The molecule has 0 unspecified atom stereocenters. The molecule has 0 saturated carbocycles. The van der Waals surface area contributed by atoms with Gasteiger partial charge in [-0.05, 0) is 24.6 Å². The number of benzene rings is 1. The molecule has 2 aromatic rings. The summed E-state index contributed by atoms with van der Waals surface area (Å²) in [6, 6.07) is 10.3. The first kappa shape index (κ1) is 11.9. The van der Waals surface area contributed by atoms with E-state index in [9.17, 15) is 0 Å².